The van der Waals surface area contributed by atoms with Crippen molar-refractivity contribution >= 4 is 39.4 Å². The maximum atomic E-state index is 13.6. The molecular formula is C24H24ClN3O6S. The number of ether oxygens (including phenoxy) is 3. The van der Waals surface area contributed by atoms with Crippen molar-refractivity contribution in [2.75, 3.05) is 32.2 Å². The highest BCUT2D eigenvalue weighted by molar-refractivity contribution is 7.92. The number of sulfonamides is 1. The molecule has 0 bridgehead atoms. The normalized spacial score (nSPS) is 11.2. The standard InChI is InChI=1S/C24H24ClN3O6S/c1-32-19-10-8-18(9-11-19)28(16-24(29)27-26-15-17-6-4-5-7-21(17)25)35(30,31)20-12-13-22(33-2)23(14-20)34-3/h4-15H,16H2,1-3H3,(H,27,29)/b26-15-. The van der Waals surface area contributed by atoms with Crippen LogP contribution in [-0.2, 0) is 14.8 Å². The van der Waals surface area contributed by atoms with E-state index >= 15 is 0 Å². The molecule has 35 heavy (non-hydrogen) atoms. The number of nitrogens with zero attached hydrogens (tertiary/aromatic N) is 2. The van der Waals surface area contributed by atoms with Gasteiger partial charge in [-0.1, -0.05) is 29.8 Å². The molecule has 0 spiro atoms. The number of halogens is 1. The van der Waals surface area contributed by atoms with Crippen molar-refractivity contribution < 1.29 is 27.4 Å². The predicted molar refractivity (Wildman–Crippen MR) is 134 cm³/mol. The third kappa shape index (κ3) is 6.23. The number of carbonyl (C=O) groups excluding carboxylic acids is 1. The SMILES string of the molecule is COc1ccc(N(CC(=O)N/N=C\c2ccccc2Cl)S(=O)(=O)c2ccc(OC)c(OC)c2)cc1. The average Bonchev–Trinajstić information content (AvgIpc) is 2.88. The highest BCUT2D eigenvalue weighted by atomic mass is 35.5. The van der Waals surface area contributed by atoms with E-state index in [1.165, 1.54) is 57.9 Å². The zero-order valence-corrected chi connectivity index (χ0v) is 20.8. The molecule has 0 aliphatic rings. The van der Waals surface area contributed by atoms with Crippen molar-refractivity contribution in [1.82, 2.24) is 5.43 Å². The van der Waals surface area contributed by atoms with Crippen molar-refractivity contribution in [3.8, 4) is 17.2 Å². The number of carbonyl (C=O) groups is 1. The minimum atomic E-state index is -4.19. The van der Waals surface area contributed by atoms with Crippen molar-refractivity contribution in [3.63, 3.8) is 0 Å². The van der Waals surface area contributed by atoms with Gasteiger partial charge in [0.25, 0.3) is 15.9 Å². The summed E-state index contributed by atoms with van der Waals surface area (Å²) in [4.78, 5) is 12.6. The fourth-order valence-corrected chi connectivity index (χ4v) is 4.71. The lowest BCUT2D eigenvalue weighted by Gasteiger charge is -2.24. The van der Waals surface area contributed by atoms with Crippen LogP contribution in [0.5, 0.6) is 17.2 Å². The molecule has 9 nitrogen and oxygen atoms in total. The summed E-state index contributed by atoms with van der Waals surface area (Å²) in [6.07, 6.45) is 1.38. The average molecular weight is 518 g/mol. The van der Waals surface area contributed by atoms with Gasteiger partial charge in [0.15, 0.2) is 11.5 Å². The van der Waals surface area contributed by atoms with E-state index in [1.54, 1.807) is 36.4 Å². The van der Waals surface area contributed by atoms with Gasteiger partial charge in [-0.25, -0.2) is 13.8 Å². The van der Waals surface area contributed by atoms with Gasteiger partial charge in [-0.3, -0.25) is 9.10 Å². The smallest absolute Gasteiger partial charge is 0.264 e. The molecule has 3 rings (SSSR count). The first-order valence-electron chi connectivity index (χ1n) is 10.3. The first-order valence-corrected chi connectivity index (χ1v) is 12.1. The second-order valence-electron chi connectivity index (χ2n) is 7.04. The molecule has 3 aromatic carbocycles. The van der Waals surface area contributed by atoms with Crippen LogP contribution in [-0.4, -0.2) is 48.4 Å². The molecule has 0 atom stereocenters. The molecule has 0 aliphatic carbocycles. The molecule has 1 amide bonds. The van der Waals surface area contributed by atoms with Gasteiger partial charge in [0.05, 0.1) is 38.1 Å². The monoisotopic (exact) mass is 517 g/mol. The molecule has 0 fully saturated rings. The first-order chi connectivity index (χ1) is 16.8. The van der Waals surface area contributed by atoms with Gasteiger partial charge in [-0.05, 0) is 42.5 Å². The van der Waals surface area contributed by atoms with Crippen LogP contribution in [0.2, 0.25) is 5.02 Å². The number of amides is 1. The van der Waals surface area contributed by atoms with Gasteiger partial charge in [-0.2, -0.15) is 5.10 Å². The van der Waals surface area contributed by atoms with Crippen LogP contribution in [0.25, 0.3) is 0 Å². The summed E-state index contributed by atoms with van der Waals surface area (Å²) in [7, 11) is 0.161. The Morgan fingerprint density at radius 3 is 2.29 bits per heavy atom. The fraction of sp³-hybridized carbons (Fsp3) is 0.167. The lowest BCUT2D eigenvalue weighted by molar-refractivity contribution is -0.119. The third-order valence-electron chi connectivity index (χ3n) is 4.89. The van der Waals surface area contributed by atoms with E-state index < -0.39 is 22.5 Å². The second kappa shape index (κ2) is 11.6. The number of rotatable bonds is 10. The van der Waals surface area contributed by atoms with Gasteiger partial charge in [0.1, 0.15) is 12.3 Å². The second-order valence-corrected chi connectivity index (χ2v) is 9.31. The van der Waals surface area contributed by atoms with Crippen LogP contribution in [0.4, 0.5) is 5.69 Å². The molecule has 0 unspecified atom stereocenters. The maximum absolute atomic E-state index is 13.6. The minimum absolute atomic E-state index is 0.0849. The number of hydrazone groups is 1. The summed E-state index contributed by atoms with van der Waals surface area (Å²) < 4.78 is 43.7. The molecule has 3 aromatic rings. The van der Waals surface area contributed by atoms with E-state index in [0.29, 0.717) is 22.1 Å². The molecular weight excluding hydrogens is 494 g/mol. The molecule has 0 heterocycles. The Morgan fingerprint density at radius 2 is 1.66 bits per heavy atom. The van der Waals surface area contributed by atoms with Crippen LogP contribution in [0.3, 0.4) is 0 Å². The van der Waals surface area contributed by atoms with Gasteiger partial charge >= 0.3 is 0 Å². The fourth-order valence-electron chi connectivity index (χ4n) is 3.09. The van der Waals surface area contributed by atoms with Crippen LogP contribution >= 0.6 is 11.6 Å². The first kappa shape index (κ1) is 25.9. The zero-order chi connectivity index (χ0) is 25.4. The molecule has 0 aromatic heterocycles. The van der Waals surface area contributed by atoms with E-state index in [2.05, 4.69) is 10.5 Å². The number of hydrogen-bond donors (Lipinski definition) is 1. The summed E-state index contributed by atoms with van der Waals surface area (Å²) in [5.74, 6) is 0.477. The van der Waals surface area contributed by atoms with E-state index in [1.807, 2.05) is 0 Å². The Labute approximate surface area is 208 Å². The summed E-state index contributed by atoms with van der Waals surface area (Å²) in [6, 6.07) is 17.4. The van der Waals surface area contributed by atoms with Crippen LogP contribution in [0.1, 0.15) is 5.56 Å². The molecule has 0 saturated heterocycles. The summed E-state index contributed by atoms with van der Waals surface area (Å²) in [5.41, 5.74) is 3.19. The third-order valence-corrected chi connectivity index (χ3v) is 7.00. The Bertz CT molecular complexity index is 1310. The predicted octanol–water partition coefficient (Wildman–Crippen LogP) is 3.71. The van der Waals surface area contributed by atoms with Crippen molar-refractivity contribution in [2.45, 2.75) is 4.90 Å². The van der Waals surface area contributed by atoms with Gasteiger partial charge in [-0.15, -0.1) is 0 Å². The Kier molecular flexibility index (Phi) is 8.56. The number of hydrogen-bond acceptors (Lipinski definition) is 7. The number of anilines is 1. The largest absolute Gasteiger partial charge is 0.497 e. The summed E-state index contributed by atoms with van der Waals surface area (Å²) in [6.45, 7) is -0.539. The van der Waals surface area contributed by atoms with Crippen molar-refractivity contribution in [1.29, 1.82) is 0 Å². The van der Waals surface area contributed by atoms with E-state index in [-0.39, 0.29) is 16.3 Å². The molecule has 11 heteroatoms. The lowest BCUT2D eigenvalue weighted by Crippen LogP contribution is -2.39. The number of methoxy groups -OCH3 is 3. The maximum Gasteiger partial charge on any atom is 0.264 e. The van der Waals surface area contributed by atoms with Gasteiger partial charge < -0.3 is 14.2 Å². The lowest BCUT2D eigenvalue weighted by atomic mass is 10.2. The summed E-state index contributed by atoms with van der Waals surface area (Å²) >= 11 is 6.08. The van der Waals surface area contributed by atoms with Crippen LogP contribution < -0.4 is 23.9 Å². The number of nitrogens with one attached hydrogen (secondary N) is 1. The Balaban J connectivity index is 1.91. The van der Waals surface area contributed by atoms with Crippen molar-refractivity contribution in [2.24, 2.45) is 5.10 Å². The number of benzene rings is 3. The Hall–Kier alpha value is -3.76. The molecule has 0 saturated carbocycles. The Morgan fingerprint density at radius 1 is 0.971 bits per heavy atom. The van der Waals surface area contributed by atoms with Gasteiger partial charge in [0.2, 0.25) is 0 Å². The molecule has 0 aliphatic heterocycles. The van der Waals surface area contributed by atoms with E-state index in [0.717, 1.165) is 4.31 Å². The summed E-state index contributed by atoms with van der Waals surface area (Å²) in [5, 5.41) is 4.35. The molecule has 0 radical (unpaired) electrons. The highest BCUT2D eigenvalue weighted by Gasteiger charge is 2.28. The van der Waals surface area contributed by atoms with Crippen LogP contribution in [0.15, 0.2) is 76.7 Å². The highest BCUT2D eigenvalue weighted by Crippen LogP contribution is 2.32. The topological polar surface area (TPSA) is 107 Å². The van der Waals surface area contributed by atoms with Crippen LogP contribution in [0, 0.1) is 0 Å². The van der Waals surface area contributed by atoms with Gasteiger partial charge in [0, 0.05) is 16.7 Å². The minimum Gasteiger partial charge on any atom is -0.497 e. The zero-order valence-electron chi connectivity index (χ0n) is 19.3. The molecule has 1 N–H and O–H groups in total. The van der Waals surface area contributed by atoms with E-state index in [9.17, 15) is 13.2 Å². The van der Waals surface area contributed by atoms with E-state index in [4.69, 9.17) is 25.8 Å². The molecule has 184 valence electrons. The quantitative estimate of drug-likeness (QED) is 0.324. The van der Waals surface area contributed by atoms with Crippen molar-refractivity contribution in [3.05, 3.63) is 77.3 Å².